The fourth-order valence-electron chi connectivity index (χ4n) is 2.21. The molecule has 132 valence electrons. The molecule has 0 radical (unpaired) electrons. The molecule has 0 bridgehead atoms. The quantitative estimate of drug-likeness (QED) is 0.658. The first-order valence-corrected chi connectivity index (χ1v) is 7.76. The summed E-state index contributed by atoms with van der Waals surface area (Å²) in [5.74, 6) is 0.583. The minimum atomic E-state index is -0.487. The number of pyridine rings is 1. The number of halogens is 1. The molecule has 0 atom stereocenters. The molecule has 8 heteroatoms. The zero-order chi connectivity index (χ0) is 18.4. The summed E-state index contributed by atoms with van der Waals surface area (Å²) in [5.41, 5.74) is 1.20. The van der Waals surface area contributed by atoms with Gasteiger partial charge in [0.15, 0.2) is 0 Å². The molecular formula is C18H16FN5O2. The number of aromatic nitrogens is 3. The van der Waals surface area contributed by atoms with E-state index in [0.717, 1.165) is 5.56 Å². The zero-order valence-electron chi connectivity index (χ0n) is 13.9. The summed E-state index contributed by atoms with van der Waals surface area (Å²) in [6.07, 6.45) is 4.64. The van der Waals surface area contributed by atoms with E-state index in [4.69, 9.17) is 4.74 Å². The Balaban J connectivity index is 1.82. The average molecular weight is 353 g/mol. The Bertz CT molecular complexity index is 888. The summed E-state index contributed by atoms with van der Waals surface area (Å²) >= 11 is 0. The molecule has 2 aromatic heterocycles. The van der Waals surface area contributed by atoms with Crippen LogP contribution in [0.5, 0.6) is 0 Å². The van der Waals surface area contributed by atoms with E-state index < -0.39 is 5.97 Å². The number of carbonyl (C=O) groups is 1. The Hall–Kier alpha value is -3.55. The van der Waals surface area contributed by atoms with Gasteiger partial charge in [-0.3, -0.25) is 4.98 Å². The van der Waals surface area contributed by atoms with Crippen LogP contribution < -0.4 is 10.6 Å². The Morgan fingerprint density at radius 2 is 1.88 bits per heavy atom. The van der Waals surface area contributed by atoms with E-state index in [1.165, 1.54) is 25.4 Å². The van der Waals surface area contributed by atoms with Crippen molar-refractivity contribution in [3.63, 3.8) is 0 Å². The molecule has 3 aromatic rings. The fraction of sp³-hybridized carbons (Fsp3) is 0.111. The number of esters is 1. The number of carbonyl (C=O) groups excluding carboxylic acids is 1. The third-order valence-electron chi connectivity index (χ3n) is 3.45. The topological polar surface area (TPSA) is 89.0 Å². The van der Waals surface area contributed by atoms with Crippen LogP contribution in [0.25, 0.3) is 0 Å². The number of hydrogen-bond donors (Lipinski definition) is 2. The van der Waals surface area contributed by atoms with Crippen LogP contribution >= 0.6 is 0 Å². The SMILES string of the molecule is COC(=O)c1cc(NCc2ccc(F)cc2)nc(Nc2cnccn2)c1. The van der Waals surface area contributed by atoms with Crippen molar-refractivity contribution >= 4 is 23.4 Å². The average Bonchev–Trinajstić information content (AvgIpc) is 2.67. The maximum atomic E-state index is 13.0. The van der Waals surface area contributed by atoms with E-state index >= 15 is 0 Å². The summed E-state index contributed by atoms with van der Waals surface area (Å²) in [7, 11) is 1.31. The molecule has 0 aliphatic carbocycles. The fourth-order valence-corrected chi connectivity index (χ4v) is 2.21. The molecule has 0 amide bonds. The minimum Gasteiger partial charge on any atom is -0.465 e. The molecule has 0 aliphatic heterocycles. The Morgan fingerprint density at radius 3 is 2.58 bits per heavy atom. The van der Waals surface area contributed by atoms with E-state index in [0.29, 0.717) is 29.6 Å². The summed E-state index contributed by atoms with van der Waals surface area (Å²) < 4.78 is 17.8. The van der Waals surface area contributed by atoms with E-state index in [1.54, 1.807) is 36.7 Å². The van der Waals surface area contributed by atoms with E-state index in [2.05, 4.69) is 25.6 Å². The first kappa shape index (κ1) is 17.3. The van der Waals surface area contributed by atoms with Gasteiger partial charge in [0.25, 0.3) is 0 Å². The summed E-state index contributed by atoms with van der Waals surface area (Å²) in [4.78, 5) is 24.4. The molecule has 7 nitrogen and oxygen atoms in total. The van der Waals surface area contributed by atoms with Crippen LogP contribution in [0.2, 0.25) is 0 Å². The van der Waals surface area contributed by atoms with Crippen LogP contribution in [0.1, 0.15) is 15.9 Å². The van der Waals surface area contributed by atoms with E-state index in [1.807, 2.05) is 0 Å². The van der Waals surface area contributed by atoms with Gasteiger partial charge in [-0.15, -0.1) is 0 Å². The van der Waals surface area contributed by atoms with Crippen LogP contribution in [-0.4, -0.2) is 28.0 Å². The number of rotatable bonds is 6. The monoisotopic (exact) mass is 353 g/mol. The van der Waals surface area contributed by atoms with Crippen LogP contribution in [-0.2, 0) is 11.3 Å². The molecule has 1 aromatic carbocycles. The standard InChI is InChI=1S/C18H16FN5O2/c1-26-18(25)13-8-15(22-10-12-2-4-14(19)5-3-12)23-16(9-13)24-17-11-20-6-7-21-17/h2-9,11H,10H2,1H3,(H2,21,22,23,24). The van der Waals surface area contributed by atoms with Gasteiger partial charge >= 0.3 is 5.97 Å². The maximum Gasteiger partial charge on any atom is 0.338 e. The number of nitrogens with one attached hydrogen (secondary N) is 2. The molecule has 26 heavy (non-hydrogen) atoms. The van der Waals surface area contributed by atoms with Gasteiger partial charge in [-0.2, -0.15) is 0 Å². The first-order chi connectivity index (χ1) is 12.6. The lowest BCUT2D eigenvalue weighted by Gasteiger charge is -2.11. The van der Waals surface area contributed by atoms with Gasteiger partial charge in [0.2, 0.25) is 0 Å². The number of hydrogen-bond acceptors (Lipinski definition) is 7. The van der Waals surface area contributed by atoms with Crippen molar-refractivity contribution in [1.82, 2.24) is 15.0 Å². The number of anilines is 3. The van der Waals surface area contributed by atoms with Crippen LogP contribution in [0.3, 0.4) is 0 Å². The van der Waals surface area contributed by atoms with Crippen molar-refractivity contribution < 1.29 is 13.9 Å². The molecule has 0 saturated carbocycles. The van der Waals surface area contributed by atoms with Crippen LogP contribution in [0, 0.1) is 5.82 Å². The predicted octanol–water partition coefficient (Wildman–Crippen LogP) is 3.15. The van der Waals surface area contributed by atoms with Gasteiger partial charge in [-0.1, -0.05) is 12.1 Å². The van der Waals surface area contributed by atoms with Crippen molar-refractivity contribution in [3.8, 4) is 0 Å². The van der Waals surface area contributed by atoms with Crippen molar-refractivity contribution in [2.75, 3.05) is 17.7 Å². The number of methoxy groups -OCH3 is 1. The molecule has 2 heterocycles. The molecule has 0 saturated heterocycles. The van der Waals surface area contributed by atoms with Crippen molar-refractivity contribution in [2.24, 2.45) is 0 Å². The maximum absolute atomic E-state index is 13.0. The highest BCUT2D eigenvalue weighted by atomic mass is 19.1. The molecular weight excluding hydrogens is 337 g/mol. The highest BCUT2D eigenvalue weighted by Crippen LogP contribution is 2.19. The minimum absolute atomic E-state index is 0.296. The van der Waals surface area contributed by atoms with E-state index in [-0.39, 0.29) is 5.82 Å². The Kier molecular flexibility index (Phi) is 5.33. The molecule has 3 rings (SSSR count). The summed E-state index contributed by atoms with van der Waals surface area (Å²) in [6, 6.07) is 9.25. The van der Waals surface area contributed by atoms with Crippen molar-refractivity contribution in [3.05, 3.63) is 71.9 Å². The predicted molar refractivity (Wildman–Crippen MR) is 94.6 cm³/mol. The van der Waals surface area contributed by atoms with Crippen LogP contribution in [0.4, 0.5) is 21.8 Å². The van der Waals surface area contributed by atoms with Crippen LogP contribution in [0.15, 0.2) is 55.0 Å². The summed E-state index contributed by atoms with van der Waals surface area (Å²) in [6.45, 7) is 0.419. The van der Waals surface area contributed by atoms with Gasteiger partial charge in [-0.05, 0) is 29.8 Å². The molecule has 0 fully saturated rings. The first-order valence-electron chi connectivity index (χ1n) is 7.76. The second kappa shape index (κ2) is 8.02. The van der Waals surface area contributed by atoms with Gasteiger partial charge in [-0.25, -0.2) is 19.2 Å². The number of nitrogens with zero attached hydrogens (tertiary/aromatic N) is 3. The number of benzene rings is 1. The van der Waals surface area contributed by atoms with Crippen molar-refractivity contribution in [1.29, 1.82) is 0 Å². The Labute approximate surface area is 149 Å². The lowest BCUT2D eigenvalue weighted by atomic mass is 10.2. The second-order valence-electron chi connectivity index (χ2n) is 5.31. The summed E-state index contributed by atoms with van der Waals surface area (Å²) in [5, 5.41) is 6.10. The van der Waals surface area contributed by atoms with Gasteiger partial charge in [0, 0.05) is 18.9 Å². The lowest BCUT2D eigenvalue weighted by molar-refractivity contribution is 0.0600. The van der Waals surface area contributed by atoms with Gasteiger partial charge in [0.1, 0.15) is 23.3 Å². The highest BCUT2D eigenvalue weighted by Gasteiger charge is 2.11. The third kappa shape index (κ3) is 4.50. The zero-order valence-corrected chi connectivity index (χ0v) is 13.9. The Morgan fingerprint density at radius 1 is 1.12 bits per heavy atom. The molecule has 0 unspecified atom stereocenters. The van der Waals surface area contributed by atoms with Crippen molar-refractivity contribution in [2.45, 2.75) is 6.54 Å². The third-order valence-corrected chi connectivity index (χ3v) is 3.45. The van der Waals surface area contributed by atoms with E-state index in [9.17, 15) is 9.18 Å². The second-order valence-corrected chi connectivity index (χ2v) is 5.31. The van der Waals surface area contributed by atoms with Gasteiger partial charge < -0.3 is 15.4 Å². The normalized spacial score (nSPS) is 10.2. The largest absolute Gasteiger partial charge is 0.465 e. The lowest BCUT2D eigenvalue weighted by Crippen LogP contribution is -2.08. The molecule has 0 aliphatic rings. The highest BCUT2D eigenvalue weighted by molar-refractivity contribution is 5.91. The smallest absolute Gasteiger partial charge is 0.338 e. The molecule has 0 spiro atoms. The molecule has 2 N–H and O–H groups in total. The number of ether oxygens (including phenoxy) is 1. The van der Waals surface area contributed by atoms with Gasteiger partial charge in [0.05, 0.1) is 18.9 Å².